The van der Waals surface area contributed by atoms with Crippen LogP contribution < -0.4 is 0 Å². The van der Waals surface area contributed by atoms with E-state index in [1.807, 2.05) is 29.9 Å². The first-order valence-corrected chi connectivity index (χ1v) is 4.34. The van der Waals surface area contributed by atoms with Crippen LogP contribution in [0.2, 0.25) is 0 Å². The van der Waals surface area contributed by atoms with Gasteiger partial charge in [-0.3, -0.25) is 4.68 Å². The molecule has 2 heteroatoms. The minimum absolute atomic E-state index is 0.835. The molecular weight excluding hydrogens is 160 g/mol. The fourth-order valence-electron chi connectivity index (χ4n) is 1.58. The van der Waals surface area contributed by atoms with Gasteiger partial charge in [0.25, 0.3) is 0 Å². The van der Waals surface area contributed by atoms with Gasteiger partial charge in [-0.15, -0.1) is 6.58 Å². The van der Waals surface area contributed by atoms with E-state index >= 15 is 0 Å². The highest BCUT2D eigenvalue weighted by Crippen LogP contribution is 2.17. The number of nitrogens with zero attached hydrogens (tertiary/aromatic N) is 2. The molecule has 66 valence electrons. The summed E-state index contributed by atoms with van der Waals surface area (Å²) in [6, 6.07) is 8.24. The van der Waals surface area contributed by atoms with E-state index in [9.17, 15) is 0 Å². The minimum Gasteiger partial charge on any atom is -0.268 e. The lowest BCUT2D eigenvalue weighted by molar-refractivity contribution is 0.776. The zero-order valence-corrected chi connectivity index (χ0v) is 7.70. The lowest BCUT2D eigenvalue weighted by atomic mass is 10.2. The van der Waals surface area contributed by atoms with Crippen LogP contribution in [-0.2, 0) is 13.5 Å². The Morgan fingerprint density at radius 1 is 1.46 bits per heavy atom. The molecule has 13 heavy (non-hydrogen) atoms. The van der Waals surface area contributed by atoms with E-state index in [1.54, 1.807) is 0 Å². The number of aromatic nitrogens is 2. The van der Waals surface area contributed by atoms with Crippen LogP contribution in [0.4, 0.5) is 0 Å². The van der Waals surface area contributed by atoms with E-state index in [0.717, 1.165) is 12.1 Å². The molecule has 0 N–H and O–H groups in total. The van der Waals surface area contributed by atoms with E-state index in [2.05, 4.69) is 23.8 Å². The Morgan fingerprint density at radius 3 is 3.00 bits per heavy atom. The maximum absolute atomic E-state index is 4.42. The summed E-state index contributed by atoms with van der Waals surface area (Å²) in [6.45, 7) is 3.72. The number of hydrogen-bond donors (Lipinski definition) is 0. The van der Waals surface area contributed by atoms with Crippen molar-refractivity contribution in [1.29, 1.82) is 0 Å². The normalized spacial score (nSPS) is 10.5. The van der Waals surface area contributed by atoms with E-state index in [-0.39, 0.29) is 0 Å². The molecule has 0 amide bonds. The fourth-order valence-corrected chi connectivity index (χ4v) is 1.58. The third-order valence-corrected chi connectivity index (χ3v) is 2.17. The molecule has 1 aromatic heterocycles. The Balaban J connectivity index is 2.70. The van der Waals surface area contributed by atoms with Crippen LogP contribution in [0.1, 0.15) is 5.69 Å². The van der Waals surface area contributed by atoms with Gasteiger partial charge in [-0.1, -0.05) is 24.3 Å². The van der Waals surface area contributed by atoms with Crippen molar-refractivity contribution in [2.75, 3.05) is 0 Å². The molecule has 2 rings (SSSR count). The molecule has 0 atom stereocenters. The highest BCUT2D eigenvalue weighted by Gasteiger charge is 2.04. The standard InChI is InChI=1S/C11H12N2/c1-3-6-10-9-7-4-5-8-11(9)13(2)12-10/h3-5,7-8H,1,6H2,2H3. The largest absolute Gasteiger partial charge is 0.268 e. The van der Waals surface area contributed by atoms with E-state index in [0.29, 0.717) is 0 Å². The number of para-hydroxylation sites is 1. The molecule has 0 radical (unpaired) electrons. The lowest BCUT2D eigenvalue weighted by Crippen LogP contribution is -1.90. The number of fused-ring (bicyclic) bond motifs is 1. The highest BCUT2D eigenvalue weighted by molar-refractivity contribution is 5.81. The van der Waals surface area contributed by atoms with Crippen LogP contribution in [0.25, 0.3) is 10.9 Å². The van der Waals surface area contributed by atoms with Gasteiger partial charge in [-0.05, 0) is 6.07 Å². The van der Waals surface area contributed by atoms with Crippen molar-refractivity contribution in [3.63, 3.8) is 0 Å². The molecule has 0 aliphatic heterocycles. The van der Waals surface area contributed by atoms with Gasteiger partial charge < -0.3 is 0 Å². The Labute approximate surface area is 77.5 Å². The van der Waals surface area contributed by atoms with Crippen molar-refractivity contribution < 1.29 is 0 Å². The van der Waals surface area contributed by atoms with Crippen molar-refractivity contribution in [2.24, 2.45) is 7.05 Å². The third kappa shape index (κ3) is 1.24. The predicted octanol–water partition coefficient (Wildman–Crippen LogP) is 2.30. The molecule has 0 spiro atoms. The molecule has 0 unspecified atom stereocenters. The van der Waals surface area contributed by atoms with Gasteiger partial charge in [-0.2, -0.15) is 5.10 Å². The Kier molecular flexibility index (Phi) is 1.89. The van der Waals surface area contributed by atoms with Crippen LogP contribution in [0.3, 0.4) is 0 Å². The Bertz CT molecular complexity index is 440. The van der Waals surface area contributed by atoms with Crippen LogP contribution in [0.15, 0.2) is 36.9 Å². The number of allylic oxidation sites excluding steroid dienone is 1. The average molecular weight is 172 g/mol. The Morgan fingerprint density at radius 2 is 2.23 bits per heavy atom. The van der Waals surface area contributed by atoms with E-state index in [4.69, 9.17) is 0 Å². The maximum atomic E-state index is 4.42. The Hall–Kier alpha value is -1.57. The maximum Gasteiger partial charge on any atom is 0.0740 e. The summed E-state index contributed by atoms with van der Waals surface area (Å²) in [6.07, 6.45) is 2.72. The molecule has 0 aliphatic carbocycles. The molecule has 0 aliphatic rings. The summed E-state index contributed by atoms with van der Waals surface area (Å²) in [5.74, 6) is 0. The quantitative estimate of drug-likeness (QED) is 0.635. The van der Waals surface area contributed by atoms with Crippen molar-refractivity contribution in [2.45, 2.75) is 6.42 Å². The number of aryl methyl sites for hydroxylation is 1. The second-order valence-corrected chi connectivity index (χ2v) is 3.08. The molecule has 1 aromatic carbocycles. The number of rotatable bonds is 2. The van der Waals surface area contributed by atoms with E-state index < -0.39 is 0 Å². The first-order chi connectivity index (χ1) is 6.33. The van der Waals surface area contributed by atoms with Gasteiger partial charge in [0, 0.05) is 18.9 Å². The minimum atomic E-state index is 0.835. The molecule has 0 bridgehead atoms. The topological polar surface area (TPSA) is 17.8 Å². The summed E-state index contributed by atoms with van der Waals surface area (Å²) < 4.78 is 1.91. The second kappa shape index (κ2) is 3.05. The van der Waals surface area contributed by atoms with Gasteiger partial charge in [0.05, 0.1) is 11.2 Å². The van der Waals surface area contributed by atoms with Crippen LogP contribution in [0, 0.1) is 0 Å². The van der Waals surface area contributed by atoms with E-state index in [1.165, 1.54) is 10.9 Å². The first kappa shape index (κ1) is 8.05. The summed E-state index contributed by atoms with van der Waals surface area (Å²) in [4.78, 5) is 0. The SMILES string of the molecule is C=CCc1nn(C)c2ccccc12. The molecular formula is C11H12N2. The van der Waals surface area contributed by atoms with Gasteiger partial charge in [0.2, 0.25) is 0 Å². The zero-order chi connectivity index (χ0) is 9.26. The third-order valence-electron chi connectivity index (χ3n) is 2.17. The van der Waals surface area contributed by atoms with Crippen LogP contribution in [0.5, 0.6) is 0 Å². The average Bonchev–Trinajstić information content (AvgIpc) is 2.46. The molecule has 2 nitrogen and oxygen atoms in total. The first-order valence-electron chi connectivity index (χ1n) is 4.34. The highest BCUT2D eigenvalue weighted by atomic mass is 15.3. The summed E-state index contributed by atoms with van der Waals surface area (Å²) in [5, 5.41) is 5.65. The molecule has 2 aromatic rings. The smallest absolute Gasteiger partial charge is 0.0740 e. The molecule has 0 fully saturated rings. The second-order valence-electron chi connectivity index (χ2n) is 3.08. The lowest BCUT2D eigenvalue weighted by Gasteiger charge is -1.90. The zero-order valence-electron chi connectivity index (χ0n) is 7.70. The van der Waals surface area contributed by atoms with Crippen LogP contribution >= 0.6 is 0 Å². The van der Waals surface area contributed by atoms with Crippen molar-refractivity contribution >= 4 is 10.9 Å². The summed E-state index contributed by atoms with van der Waals surface area (Å²) >= 11 is 0. The monoisotopic (exact) mass is 172 g/mol. The fraction of sp³-hybridized carbons (Fsp3) is 0.182. The number of hydrogen-bond acceptors (Lipinski definition) is 1. The van der Waals surface area contributed by atoms with Gasteiger partial charge in [0.15, 0.2) is 0 Å². The molecule has 1 heterocycles. The number of benzene rings is 1. The van der Waals surface area contributed by atoms with Gasteiger partial charge in [0.1, 0.15) is 0 Å². The van der Waals surface area contributed by atoms with Crippen LogP contribution in [-0.4, -0.2) is 9.78 Å². The predicted molar refractivity (Wildman–Crippen MR) is 54.6 cm³/mol. The summed E-state index contributed by atoms with van der Waals surface area (Å²) in [5.41, 5.74) is 2.28. The van der Waals surface area contributed by atoms with Crippen molar-refractivity contribution in [3.8, 4) is 0 Å². The van der Waals surface area contributed by atoms with Crippen molar-refractivity contribution in [1.82, 2.24) is 9.78 Å². The van der Waals surface area contributed by atoms with Gasteiger partial charge >= 0.3 is 0 Å². The van der Waals surface area contributed by atoms with Gasteiger partial charge in [-0.25, -0.2) is 0 Å². The van der Waals surface area contributed by atoms with Crippen molar-refractivity contribution in [3.05, 3.63) is 42.6 Å². The molecule has 0 saturated heterocycles. The molecule has 0 saturated carbocycles. The summed E-state index contributed by atoms with van der Waals surface area (Å²) in [7, 11) is 1.97.